The molecule has 0 radical (unpaired) electrons. The first-order valence-electron chi connectivity index (χ1n) is 6.51. The van der Waals surface area contributed by atoms with Gasteiger partial charge in [-0.25, -0.2) is 0 Å². The van der Waals surface area contributed by atoms with Crippen molar-refractivity contribution in [2.75, 3.05) is 12.3 Å². The summed E-state index contributed by atoms with van der Waals surface area (Å²) in [6, 6.07) is 5.16. The number of carbonyl (C=O) groups is 1. The summed E-state index contributed by atoms with van der Waals surface area (Å²) in [4.78, 5) is 11.9. The van der Waals surface area contributed by atoms with Crippen molar-refractivity contribution in [3.05, 3.63) is 29.3 Å². The molecule has 1 aromatic rings. The van der Waals surface area contributed by atoms with Gasteiger partial charge < -0.3 is 16.2 Å². The second-order valence-electron chi connectivity index (χ2n) is 6.20. The lowest BCUT2D eigenvalue weighted by Crippen LogP contribution is -2.34. The maximum Gasteiger partial charge on any atom is 0.251 e. The molecular formula is C15H24N2O2. The molecule has 0 aliphatic carbocycles. The van der Waals surface area contributed by atoms with E-state index in [1.807, 2.05) is 6.92 Å². The molecule has 4 nitrogen and oxygen atoms in total. The van der Waals surface area contributed by atoms with Crippen molar-refractivity contribution in [2.45, 2.75) is 40.2 Å². The fourth-order valence-electron chi connectivity index (χ4n) is 1.91. The molecule has 1 amide bonds. The highest BCUT2D eigenvalue weighted by atomic mass is 16.3. The van der Waals surface area contributed by atoms with Gasteiger partial charge in [0.25, 0.3) is 5.91 Å². The van der Waals surface area contributed by atoms with Crippen LogP contribution in [0.5, 0.6) is 0 Å². The van der Waals surface area contributed by atoms with Gasteiger partial charge in [-0.3, -0.25) is 4.79 Å². The Morgan fingerprint density at radius 3 is 2.58 bits per heavy atom. The number of carbonyl (C=O) groups excluding carboxylic acids is 1. The molecule has 0 saturated heterocycles. The SMILES string of the molecule is Cc1cc(C(=O)NCC(O)CC(C)(C)C)ccc1N. The average molecular weight is 264 g/mol. The highest BCUT2D eigenvalue weighted by molar-refractivity contribution is 5.94. The minimum absolute atomic E-state index is 0.0436. The lowest BCUT2D eigenvalue weighted by Gasteiger charge is -2.22. The van der Waals surface area contributed by atoms with Gasteiger partial charge in [0.15, 0.2) is 0 Å². The summed E-state index contributed by atoms with van der Waals surface area (Å²) in [5.41, 5.74) is 7.87. The van der Waals surface area contributed by atoms with Gasteiger partial charge in [-0.15, -0.1) is 0 Å². The van der Waals surface area contributed by atoms with E-state index in [1.54, 1.807) is 18.2 Å². The maximum absolute atomic E-state index is 11.9. The maximum atomic E-state index is 11.9. The first-order valence-corrected chi connectivity index (χ1v) is 6.51. The van der Waals surface area contributed by atoms with Gasteiger partial charge in [-0.1, -0.05) is 20.8 Å². The molecule has 0 aliphatic heterocycles. The average Bonchev–Trinajstić information content (AvgIpc) is 2.27. The van der Waals surface area contributed by atoms with Crippen LogP contribution in [-0.2, 0) is 0 Å². The van der Waals surface area contributed by atoms with Gasteiger partial charge in [0.05, 0.1) is 6.10 Å². The molecule has 4 heteroatoms. The number of benzene rings is 1. The minimum atomic E-state index is -0.529. The Balaban J connectivity index is 2.53. The van der Waals surface area contributed by atoms with Crippen molar-refractivity contribution in [3.8, 4) is 0 Å². The molecule has 0 spiro atoms. The number of aliphatic hydroxyl groups excluding tert-OH is 1. The van der Waals surface area contributed by atoms with Gasteiger partial charge in [0.2, 0.25) is 0 Å². The van der Waals surface area contributed by atoms with E-state index < -0.39 is 6.10 Å². The predicted molar refractivity (Wildman–Crippen MR) is 78.0 cm³/mol. The predicted octanol–water partition coefficient (Wildman–Crippen LogP) is 2.10. The Labute approximate surface area is 115 Å². The van der Waals surface area contributed by atoms with Gasteiger partial charge in [0.1, 0.15) is 0 Å². The van der Waals surface area contributed by atoms with Gasteiger partial charge >= 0.3 is 0 Å². The third-order valence-corrected chi connectivity index (χ3v) is 2.88. The number of amides is 1. The highest BCUT2D eigenvalue weighted by Gasteiger charge is 2.17. The quantitative estimate of drug-likeness (QED) is 0.729. The number of aliphatic hydroxyl groups is 1. The Morgan fingerprint density at radius 1 is 1.42 bits per heavy atom. The highest BCUT2D eigenvalue weighted by Crippen LogP contribution is 2.20. The van der Waals surface area contributed by atoms with Crippen molar-refractivity contribution in [2.24, 2.45) is 5.41 Å². The van der Waals surface area contributed by atoms with Crippen LogP contribution in [0.15, 0.2) is 18.2 Å². The summed E-state index contributed by atoms with van der Waals surface area (Å²) < 4.78 is 0. The van der Waals surface area contributed by atoms with Crippen molar-refractivity contribution in [1.82, 2.24) is 5.32 Å². The monoisotopic (exact) mass is 264 g/mol. The van der Waals surface area contributed by atoms with E-state index in [-0.39, 0.29) is 17.9 Å². The molecule has 1 aromatic carbocycles. The number of nitrogen functional groups attached to an aromatic ring is 1. The Kier molecular flexibility index (Phi) is 4.95. The van der Waals surface area contributed by atoms with Gasteiger partial charge in [0, 0.05) is 17.8 Å². The van der Waals surface area contributed by atoms with Crippen molar-refractivity contribution < 1.29 is 9.90 Å². The molecule has 0 bridgehead atoms. The van der Waals surface area contributed by atoms with E-state index in [1.165, 1.54) is 0 Å². The normalized spacial score (nSPS) is 13.1. The second-order valence-corrected chi connectivity index (χ2v) is 6.20. The largest absolute Gasteiger partial charge is 0.399 e. The first kappa shape index (κ1) is 15.5. The number of hydrogen-bond donors (Lipinski definition) is 3. The third kappa shape index (κ3) is 5.30. The standard InChI is InChI=1S/C15H24N2O2/c1-10-7-11(5-6-13(10)16)14(19)17-9-12(18)8-15(2,3)4/h5-7,12,18H,8-9,16H2,1-4H3,(H,17,19). The van der Waals surface area contributed by atoms with Crippen LogP contribution >= 0.6 is 0 Å². The molecule has 4 N–H and O–H groups in total. The van der Waals surface area contributed by atoms with Crippen LogP contribution in [0, 0.1) is 12.3 Å². The van der Waals surface area contributed by atoms with E-state index in [4.69, 9.17) is 5.73 Å². The van der Waals surface area contributed by atoms with Crippen LogP contribution in [0.3, 0.4) is 0 Å². The van der Waals surface area contributed by atoms with Crippen LogP contribution in [0.2, 0.25) is 0 Å². The Hall–Kier alpha value is -1.55. The summed E-state index contributed by atoms with van der Waals surface area (Å²) in [5, 5.41) is 12.6. The molecule has 0 saturated carbocycles. The number of anilines is 1. The molecule has 1 atom stereocenters. The summed E-state index contributed by atoms with van der Waals surface area (Å²) in [6.07, 6.45) is 0.118. The molecule has 0 aliphatic rings. The first-order chi connectivity index (χ1) is 8.69. The Bertz CT molecular complexity index is 450. The van der Waals surface area contributed by atoms with E-state index >= 15 is 0 Å². The fourth-order valence-corrected chi connectivity index (χ4v) is 1.91. The minimum Gasteiger partial charge on any atom is -0.399 e. The zero-order valence-electron chi connectivity index (χ0n) is 12.2. The summed E-state index contributed by atoms with van der Waals surface area (Å²) in [7, 11) is 0. The van der Waals surface area contributed by atoms with Crippen molar-refractivity contribution >= 4 is 11.6 Å². The zero-order chi connectivity index (χ0) is 14.6. The number of nitrogens with one attached hydrogen (secondary N) is 1. The second kappa shape index (κ2) is 6.06. The summed E-state index contributed by atoms with van der Waals surface area (Å²) in [5.74, 6) is -0.184. The molecular weight excluding hydrogens is 240 g/mol. The fraction of sp³-hybridized carbons (Fsp3) is 0.533. The smallest absolute Gasteiger partial charge is 0.251 e. The lowest BCUT2D eigenvalue weighted by molar-refractivity contribution is 0.0868. The summed E-state index contributed by atoms with van der Waals surface area (Å²) >= 11 is 0. The van der Waals surface area contributed by atoms with Crippen LogP contribution in [0.1, 0.15) is 43.1 Å². The van der Waals surface area contributed by atoms with Crippen LogP contribution in [0.4, 0.5) is 5.69 Å². The molecule has 19 heavy (non-hydrogen) atoms. The van der Waals surface area contributed by atoms with Crippen molar-refractivity contribution in [1.29, 1.82) is 0 Å². The van der Waals surface area contributed by atoms with Crippen LogP contribution in [-0.4, -0.2) is 23.7 Å². The van der Waals surface area contributed by atoms with E-state index in [0.29, 0.717) is 17.7 Å². The molecule has 1 rings (SSSR count). The molecule has 1 unspecified atom stereocenters. The molecule has 0 aromatic heterocycles. The number of aryl methyl sites for hydroxylation is 1. The van der Waals surface area contributed by atoms with Crippen molar-refractivity contribution in [3.63, 3.8) is 0 Å². The molecule has 0 fully saturated rings. The number of nitrogens with two attached hydrogens (primary N) is 1. The van der Waals surface area contributed by atoms with E-state index in [2.05, 4.69) is 26.1 Å². The third-order valence-electron chi connectivity index (χ3n) is 2.88. The number of rotatable bonds is 4. The molecule has 0 heterocycles. The van der Waals surface area contributed by atoms with E-state index in [9.17, 15) is 9.90 Å². The van der Waals surface area contributed by atoms with Crippen LogP contribution in [0.25, 0.3) is 0 Å². The topological polar surface area (TPSA) is 75.3 Å². The Morgan fingerprint density at radius 2 is 2.05 bits per heavy atom. The van der Waals surface area contributed by atoms with Crippen LogP contribution < -0.4 is 11.1 Å². The van der Waals surface area contributed by atoms with Gasteiger partial charge in [-0.05, 0) is 42.5 Å². The van der Waals surface area contributed by atoms with Gasteiger partial charge in [-0.2, -0.15) is 0 Å². The summed E-state index contributed by atoms with van der Waals surface area (Å²) in [6.45, 7) is 8.30. The van der Waals surface area contributed by atoms with E-state index in [0.717, 1.165) is 5.56 Å². The number of hydrogen-bond acceptors (Lipinski definition) is 3. The molecule has 106 valence electrons. The lowest BCUT2D eigenvalue weighted by atomic mass is 9.89. The zero-order valence-corrected chi connectivity index (χ0v) is 12.2.